The van der Waals surface area contributed by atoms with Crippen LogP contribution in [0.5, 0.6) is 5.75 Å². The van der Waals surface area contributed by atoms with E-state index in [1.807, 2.05) is 56.3 Å². The molecule has 6 heteroatoms. The van der Waals surface area contributed by atoms with Gasteiger partial charge in [-0.3, -0.25) is 14.9 Å². The van der Waals surface area contributed by atoms with Crippen LogP contribution in [0, 0.1) is 12.7 Å². The Morgan fingerprint density at radius 3 is 2.28 bits per heavy atom. The predicted molar refractivity (Wildman–Crippen MR) is 124 cm³/mol. The van der Waals surface area contributed by atoms with Crippen molar-refractivity contribution in [2.45, 2.75) is 25.9 Å². The molecule has 0 aliphatic carbocycles. The molecule has 4 rings (SSSR count). The quantitative estimate of drug-likeness (QED) is 0.373. The van der Waals surface area contributed by atoms with Crippen LogP contribution >= 0.6 is 0 Å². The zero-order chi connectivity index (χ0) is 22.8. The second-order valence-corrected chi connectivity index (χ2v) is 7.88. The zero-order valence-corrected chi connectivity index (χ0v) is 17.7. The lowest BCUT2D eigenvalue weighted by atomic mass is 9.94. The average Bonchev–Trinajstić information content (AvgIpc) is 2.81. The molecule has 0 aliphatic rings. The fraction of sp³-hybridized carbons (Fsp3) is 0.154. The van der Waals surface area contributed by atoms with Gasteiger partial charge in [0.2, 0.25) is 0 Å². The minimum atomic E-state index is -0.891. The van der Waals surface area contributed by atoms with E-state index in [0.29, 0.717) is 5.69 Å². The van der Waals surface area contributed by atoms with Gasteiger partial charge in [-0.1, -0.05) is 60.2 Å². The van der Waals surface area contributed by atoms with Crippen LogP contribution in [0.1, 0.15) is 41.3 Å². The number of hydrogen-bond acceptors (Lipinski definition) is 5. The number of nitrogens with one attached hydrogen (secondary N) is 2. The van der Waals surface area contributed by atoms with Crippen molar-refractivity contribution in [2.75, 3.05) is 5.32 Å². The van der Waals surface area contributed by atoms with Crippen molar-refractivity contribution in [3.63, 3.8) is 0 Å². The normalized spacial score (nSPS) is 13.1. The minimum absolute atomic E-state index is 0.108. The van der Waals surface area contributed by atoms with Gasteiger partial charge in [0.05, 0.1) is 6.04 Å². The smallest absolute Gasteiger partial charge is 0.271 e. The standard InChI is InChI=1S/C26H23FN2O3/c1-15-10-12-17(13-11-15)22(28-16(2)18-6-5-7-19(27)14-18)20-8-3-4-9-21(20)29-23-24(30)26(32)25(23)31/h3-14,16,22,28-30H,1-2H3/t16-,22?/m1/s1. The summed E-state index contributed by atoms with van der Waals surface area (Å²) in [7, 11) is 0. The van der Waals surface area contributed by atoms with Gasteiger partial charge in [0.1, 0.15) is 11.5 Å². The summed E-state index contributed by atoms with van der Waals surface area (Å²) in [4.78, 5) is 23.3. The van der Waals surface area contributed by atoms with E-state index < -0.39 is 16.6 Å². The highest BCUT2D eigenvalue weighted by atomic mass is 19.1. The van der Waals surface area contributed by atoms with Crippen LogP contribution in [-0.2, 0) is 0 Å². The van der Waals surface area contributed by atoms with Crippen LogP contribution < -0.4 is 21.5 Å². The summed E-state index contributed by atoms with van der Waals surface area (Å²) in [5.41, 5.74) is 2.54. The molecule has 5 nitrogen and oxygen atoms in total. The highest BCUT2D eigenvalue weighted by Crippen LogP contribution is 2.33. The van der Waals surface area contributed by atoms with E-state index >= 15 is 0 Å². The molecule has 4 aromatic carbocycles. The van der Waals surface area contributed by atoms with E-state index in [1.165, 1.54) is 12.1 Å². The summed E-state index contributed by atoms with van der Waals surface area (Å²) >= 11 is 0. The molecule has 0 aromatic heterocycles. The lowest BCUT2D eigenvalue weighted by Crippen LogP contribution is -2.33. The molecule has 0 saturated heterocycles. The SMILES string of the molecule is Cc1ccc(C(N[C@H](C)c2cccc(F)c2)c2ccccc2Nc2c(O)c(=O)c2=O)cc1. The van der Waals surface area contributed by atoms with Gasteiger partial charge < -0.3 is 10.4 Å². The molecule has 0 aliphatic heterocycles. The minimum Gasteiger partial charge on any atom is -0.502 e. The number of aromatic hydroxyl groups is 1. The molecule has 3 N–H and O–H groups in total. The number of benzene rings is 3. The maximum Gasteiger partial charge on any atom is 0.271 e. The van der Waals surface area contributed by atoms with Gasteiger partial charge in [-0.2, -0.15) is 0 Å². The Labute approximate surface area is 184 Å². The van der Waals surface area contributed by atoms with Gasteiger partial charge in [0, 0.05) is 11.7 Å². The summed E-state index contributed by atoms with van der Waals surface area (Å²) < 4.78 is 13.8. The van der Waals surface area contributed by atoms with E-state index in [-0.39, 0.29) is 23.6 Å². The van der Waals surface area contributed by atoms with E-state index in [9.17, 15) is 19.1 Å². The summed E-state index contributed by atoms with van der Waals surface area (Å²) in [6, 6.07) is 21.3. The zero-order valence-electron chi connectivity index (χ0n) is 17.7. The molecular weight excluding hydrogens is 407 g/mol. The van der Waals surface area contributed by atoms with E-state index in [4.69, 9.17) is 0 Å². The Hall–Kier alpha value is -3.77. The van der Waals surface area contributed by atoms with Crippen molar-refractivity contribution in [1.29, 1.82) is 0 Å². The molecule has 0 heterocycles. The number of para-hydroxylation sites is 1. The fourth-order valence-corrected chi connectivity index (χ4v) is 3.74. The first-order chi connectivity index (χ1) is 15.3. The Morgan fingerprint density at radius 1 is 0.875 bits per heavy atom. The molecule has 0 bridgehead atoms. The first-order valence-electron chi connectivity index (χ1n) is 10.3. The third-order valence-electron chi connectivity index (χ3n) is 5.59. The lowest BCUT2D eigenvalue weighted by Gasteiger charge is -2.27. The summed E-state index contributed by atoms with van der Waals surface area (Å²) in [5, 5.41) is 16.3. The predicted octanol–water partition coefficient (Wildman–Crippen LogP) is 4.62. The van der Waals surface area contributed by atoms with E-state index in [2.05, 4.69) is 10.6 Å². The summed E-state index contributed by atoms with van der Waals surface area (Å²) in [6.07, 6.45) is 0. The molecule has 4 aromatic rings. The first kappa shape index (κ1) is 21.5. The Kier molecular flexibility index (Phi) is 5.88. The highest BCUT2D eigenvalue weighted by molar-refractivity contribution is 5.72. The fourth-order valence-electron chi connectivity index (χ4n) is 3.74. The number of halogens is 1. The van der Waals surface area contributed by atoms with Gasteiger partial charge in [-0.05, 0) is 48.7 Å². The average molecular weight is 430 g/mol. The molecule has 2 atom stereocenters. The molecule has 0 spiro atoms. The first-order valence-corrected chi connectivity index (χ1v) is 10.3. The molecule has 0 amide bonds. The summed E-state index contributed by atoms with van der Waals surface area (Å²) in [6.45, 7) is 3.96. The number of hydrogen-bond donors (Lipinski definition) is 3. The monoisotopic (exact) mass is 430 g/mol. The Balaban J connectivity index is 1.74. The molecule has 0 saturated carbocycles. The Bertz CT molecular complexity index is 1320. The van der Waals surface area contributed by atoms with Crippen LogP contribution in [0.3, 0.4) is 0 Å². The molecule has 162 valence electrons. The van der Waals surface area contributed by atoms with Crippen LogP contribution in [0.15, 0.2) is 82.4 Å². The third-order valence-corrected chi connectivity index (χ3v) is 5.59. The number of anilines is 2. The van der Waals surface area contributed by atoms with Crippen molar-refractivity contribution >= 4 is 11.4 Å². The molecule has 0 fully saturated rings. The largest absolute Gasteiger partial charge is 0.502 e. The van der Waals surface area contributed by atoms with Crippen molar-refractivity contribution in [1.82, 2.24) is 5.32 Å². The van der Waals surface area contributed by atoms with Gasteiger partial charge in [-0.25, -0.2) is 4.39 Å². The Morgan fingerprint density at radius 2 is 1.59 bits per heavy atom. The topological polar surface area (TPSA) is 78.4 Å². The molecule has 32 heavy (non-hydrogen) atoms. The van der Waals surface area contributed by atoms with Crippen LogP contribution in [0.25, 0.3) is 0 Å². The van der Waals surface area contributed by atoms with Crippen molar-refractivity contribution in [2.24, 2.45) is 0 Å². The maximum atomic E-state index is 13.8. The van der Waals surface area contributed by atoms with Crippen molar-refractivity contribution in [3.05, 3.63) is 121 Å². The van der Waals surface area contributed by atoms with Gasteiger partial charge >= 0.3 is 0 Å². The van der Waals surface area contributed by atoms with Gasteiger partial charge in [-0.15, -0.1) is 0 Å². The summed E-state index contributed by atoms with van der Waals surface area (Å²) in [5.74, 6) is -0.863. The molecular formula is C26H23FN2O3. The van der Waals surface area contributed by atoms with E-state index in [1.54, 1.807) is 18.2 Å². The van der Waals surface area contributed by atoms with Crippen molar-refractivity contribution in [3.8, 4) is 5.75 Å². The maximum absolute atomic E-state index is 13.8. The molecule has 0 radical (unpaired) electrons. The van der Waals surface area contributed by atoms with Crippen molar-refractivity contribution < 1.29 is 9.50 Å². The number of rotatable bonds is 7. The van der Waals surface area contributed by atoms with Gasteiger partial charge in [0.25, 0.3) is 10.9 Å². The van der Waals surface area contributed by atoms with Gasteiger partial charge in [0.15, 0.2) is 5.75 Å². The van der Waals surface area contributed by atoms with Crippen LogP contribution in [0.4, 0.5) is 15.8 Å². The third kappa shape index (κ3) is 4.18. The van der Waals surface area contributed by atoms with E-state index in [0.717, 1.165) is 22.3 Å². The second kappa shape index (κ2) is 8.77. The highest BCUT2D eigenvalue weighted by Gasteiger charge is 2.24. The number of aryl methyl sites for hydroxylation is 1. The van der Waals surface area contributed by atoms with Crippen LogP contribution in [-0.4, -0.2) is 5.11 Å². The van der Waals surface area contributed by atoms with Crippen LogP contribution in [0.2, 0.25) is 0 Å². The molecule has 1 unspecified atom stereocenters. The lowest BCUT2D eigenvalue weighted by molar-refractivity contribution is 0.466. The second-order valence-electron chi connectivity index (χ2n) is 7.88.